The molecule has 34 heavy (non-hydrogen) atoms. The third kappa shape index (κ3) is 6.13. The van der Waals surface area contributed by atoms with Gasteiger partial charge in [-0.05, 0) is 51.0 Å². The first kappa shape index (κ1) is 24.6. The van der Waals surface area contributed by atoms with Gasteiger partial charge < -0.3 is 15.2 Å². The van der Waals surface area contributed by atoms with Crippen LogP contribution in [-0.4, -0.2) is 77.3 Å². The van der Waals surface area contributed by atoms with Crippen molar-refractivity contribution in [1.82, 2.24) is 14.8 Å². The second-order valence-electron chi connectivity index (χ2n) is 9.22. The Labute approximate surface area is 205 Å². The van der Waals surface area contributed by atoms with Crippen molar-refractivity contribution in [3.63, 3.8) is 0 Å². The molecule has 1 saturated heterocycles. The van der Waals surface area contributed by atoms with Gasteiger partial charge in [-0.1, -0.05) is 18.2 Å². The maximum Gasteiger partial charge on any atom is 0.238 e. The van der Waals surface area contributed by atoms with E-state index in [1.165, 1.54) is 0 Å². The lowest BCUT2D eigenvalue weighted by Gasteiger charge is -2.40. The molecule has 1 aromatic heterocycles. The van der Waals surface area contributed by atoms with Crippen LogP contribution in [0.1, 0.15) is 23.1 Å². The normalized spacial score (nSPS) is 18.2. The molecule has 0 spiro atoms. The highest BCUT2D eigenvalue weighted by molar-refractivity contribution is 7.18. The molecule has 182 valence electrons. The van der Waals surface area contributed by atoms with E-state index >= 15 is 0 Å². The number of aliphatic hydroxyl groups is 1. The van der Waals surface area contributed by atoms with Crippen molar-refractivity contribution in [1.29, 1.82) is 0 Å². The molecule has 8 heteroatoms. The summed E-state index contributed by atoms with van der Waals surface area (Å²) in [6.45, 7) is 11.7. The quantitative estimate of drug-likeness (QED) is 0.511. The fraction of sp³-hybridized carbons (Fsp3) is 0.462. The van der Waals surface area contributed by atoms with E-state index in [0.29, 0.717) is 13.1 Å². The minimum absolute atomic E-state index is 0.0127. The number of rotatable bonds is 8. The molecule has 4 rings (SSSR count). The van der Waals surface area contributed by atoms with Crippen LogP contribution in [0.3, 0.4) is 0 Å². The molecule has 0 bridgehead atoms. The van der Waals surface area contributed by atoms with Gasteiger partial charge in [0, 0.05) is 44.0 Å². The molecule has 1 unspecified atom stereocenters. The first-order valence-electron chi connectivity index (χ1n) is 11.8. The van der Waals surface area contributed by atoms with Crippen molar-refractivity contribution in [2.75, 3.05) is 44.6 Å². The van der Waals surface area contributed by atoms with Gasteiger partial charge in [0.25, 0.3) is 0 Å². The van der Waals surface area contributed by atoms with Crippen LogP contribution >= 0.6 is 11.3 Å². The van der Waals surface area contributed by atoms with Crippen LogP contribution in [0.2, 0.25) is 0 Å². The second kappa shape index (κ2) is 10.8. The fourth-order valence-corrected chi connectivity index (χ4v) is 5.31. The molecule has 3 aromatic rings. The van der Waals surface area contributed by atoms with E-state index in [1.807, 2.05) is 57.2 Å². The van der Waals surface area contributed by atoms with E-state index in [2.05, 4.69) is 27.0 Å². The molecular weight excluding hydrogens is 448 g/mol. The van der Waals surface area contributed by atoms with E-state index in [9.17, 15) is 9.90 Å². The van der Waals surface area contributed by atoms with E-state index in [4.69, 9.17) is 4.74 Å². The number of carbonyl (C=O) groups excluding carboxylic acids is 1. The van der Waals surface area contributed by atoms with Gasteiger partial charge in [-0.2, -0.15) is 0 Å². The van der Waals surface area contributed by atoms with Crippen LogP contribution < -0.4 is 10.1 Å². The van der Waals surface area contributed by atoms with Gasteiger partial charge in [0.15, 0.2) is 0 Å². The summed E-state index contributed by atoms with van der Waals surface area (Å²) in [4.78, 5) is 21.6. The van der Waals surface area contributed by atoms with Crippen LogP contribution in [0.4, 0.5) is 5.69 Å². The molecule has 2 heterocycles. The minimum Gasteiger partial charge on any atom is -0.491 e. The van der Waals surface area contributed by atoms with E-state index in [-0.39, 0.29) is 18.6 Å². The predicted molar refractivity (Wildman–Crippen MR) is 138 cm³/mol. The summed E-state index contributed by atoms with van der Waals surface area (Å²) in [6.07, 6.45) is -0.589. The highest BCUT2D eigenvalue weighted by Gasteiger charge is 2.26. The van der Waals surface area contributed by atoms with Crippen molar-refractivity contribution in [3.05, 3.63) is 52.5 Å². The van der Waals surface area contributed by atoms with Crippen LogP contribution in [0, 0.1) is 20.8 Å². The molecule has 7 nitrogen and oxygen atoms in total. The molecular formula is C26H34N4O3S. The zero-order valence-electron chi connectivity index (χ0n) is 20.4. The average Bonchev–Trinajstić information content (AvgIpc) is 3.16. The average molecular weight is 483 g/mol. The first-order chi connectivity index (χ1) is 16.3. The SMILES string of the molecule is Cc1nc2cc(OC[C@H](O)CN3CCN(CC(=O)Nc4c(C)cccc4C)CC3C)ccc2s1. The molecule has 0 saturated carbocycles. The van der Waals surface area contributed by atoms with E-state index in [0.717, 1.165) is 57.4 Å². The predicted octanol–water partition coefficient (Wildman–Crippen LogP) is 3.61. The molecule has 0 radical (unpaired) electrons. The topological polar surface area (TPSA) is 77.9 Å². The molecule has 1 aliphatic heterocycles. The molecule has 0 aliphatic carbocycles. The highest BCUT2D eigenvalue weighted by Crippen LogP contribution is 2.25. The number of aliphatic hydroxyl groups excluding tert-OH is 1. The Bertz CT molecular complexity index is 1130. The third-order valence-corrected chi connectivity index (χ3v) is 7.27. The zero-order valence-corrected chi connectivity index (χ0v) is 21.2. The lowest BCUT2D eigenvalue weighted by molar-refractivity contribution is -0.118. The molecule has 2 aromatic carbocycles. The monoisotopic (exact) mass is 482 g/mol. The van der Waals surface area contributed by atoms with E-state index in [1.54, 1.807) is 11.3 Å². The Morgan fingerprint density at radius 1 is 1.24 bits per heavy atom. The van der Waals surface area contributed by atoms with Crippen molar-refractivity contribution in [2.24, 2.45) is 0 Å². The van der Waals surface area contributed by atoms with E-state index < -0.39 is 6.10 Å². The summed E-state index contributed by atoms with van der Waals surface area (Å²) in [5.41, 5.74) is 3.99. The number of fused-ring (bicyclic) bond motifs is 1. The third-order valence-electron chi connectivity index (χ3n) is 6.32. The molecule has 2 N–H and O–H groups in total. The number of piperazine rings is 1. The number of aromatic nitrogens is 1. The Balaban J connectivity index is 1.22. The van der Waals surface area contributed by atoms with Crippen molar-refractivity contribution >= 4 is 33.1 Å². The van der Waals surface area contributed by atoms with Gasteiger partial charge in [0.2, 0.25) is 5.91 Å². The maximum atomic E-state index is 12.6. The second-order valence-corrected chi connectivity index (χ2v) is 10.5. The van der Waals surface area contributed by atoms with Gasteiger partial charge in [0.1, 0.15) is 18.5 Å². The standard InChI is InChI=1S/C26H34N4O3S/c1-17-6-5-7-18(2)26(17)28-25(32)15-29-10-11-30(19(3)13-29)14-21(31)16-33-22-8-9-24-23(12-22)27-20(4)34-24/h5-9,12,19,21,31H,10-11,13-16H2,1-4H3,(H,28,32)/t19?,21-/m1/s1. The van der Waals surface area contributed by atoms with Crippen LogP contribution in [0.15, 0.2) is 36.4 Å². The number of ether oxygens (including phenoxy) is 1. The largest absolute Gasteiger partial charge is 0.491 e. The summed E-state index contributed by atoms with van der Waals surface area (Å²) < 4.78 is 6.97. The number of amides is 1. The number of para-hydroxylation sites is 1. The summed E-state index contributed by atoms with van der Waals surface area (Å²) >= 11 is 1.66. The van der Waals surface area contributed by atoms with Crippen LogP contribution in [-0.2, 0) is 4.79 Å². The maximum absolute atomic E-state index is 12.6. The van der Waals surface area contributed by atoms with Crippen molar-refractivity contribution in [2.45, 2.75) is 39.8 Å². The van der Waals surface area contributed by atoms with Gasteiger partial charge in [-0.15, -0.1) is 11.3 Å². The lowest BCUT2D eigenvalue weighted by atomic mass is 10.1. The highest BCUT2D eigenvalue weighted by atomic mass is 32.1. The number of nitrogens with zero attached hydrogens (tertiary/aromatic N) is 3. The Morgan fingerprint density at radius 3 is 2.74 bits per heavy atom. The number of thiazole rings is 1. The Morgan fingerprint density at radius 2 is 2.00 bits per heavy atom. The number of β-amino-alcohol motifs (C(OH)–C–C–N with tert-alkyl or cyclic N) is 1. The molecule has 1 aliphatic rings. The molecule has 2 atom stereocenters. The van der Waals surface area contributed by atoms with Crippen molar-refractivity contribution in [3.8, 4) is 5.75 Å². The van der Waals surface area contributed by atoms with Crippen LogP contribution in [0.5, 0.6) is 5.75 Å². The summed E-state index contributed by atoms with van der Waals surface area (Å²) in [7, 11) is 0. The van der Waals surface area contributed by atoms with Gasteiger partial charge in [-0.3, -0.25) is 14.6 Å². The number of hydrogen-bond donors (Lipinski definition) is 2. The fourth-order valence-electron chi connectivity index (χ4n) is 4.51. The Kier molecular flexibility index (Phi) is 7.83. The Hall–Kier alpha value is -2.52. The zero-order chi connectivity index (χ0) is 24.2. The van der Waals surface area contributed by atoms with Crippen LogP contribution in [0.25, 0.3) is 10.2 Å². The molecule has 1 amide bonds. The summed E-state index contributed by atoms with van der Waals surface area (Å²) in [5, 5.41) is 14.7. The number of aryl methyl sites for hydroxylation is 3. The van der Waals surface area contributed by atoms with Gasteiger partial charge in [-0.25, -0.2) is 4.98 Å². The smallest absolute Gasteiger partial charge is 0.238 e. The molecule has 1 fully saturated rings. The number of carbonyl (C=O) groups is 1. The number of nitrogens with one attached hydrogen (secondary N) is 1. The lowest BCUT2D eigenvalue weighted by Crippen LogP contribution is -2.55. The first-order valence-corrected chi connectivity index (χ1v) is 12.6. The number of anilines is 1. The van der Waals surface area contributed by atoms with Gasteiger partial charge >= 0.3 is 0 Å². The number of benzene rings is 2. The number of hydrogen-bond acceptors (Lipinski definition) is 7. The summed E-state index contributed by atoms with van der Waals surface area (Å²) in [6, 6.07) is 12.1. The van der Waals surface area contributed by atoms with Gasteiger partial charge in [0.05, 0.1) is 21.8 Å². The summed E-state index contributed by atoms with van der Waals surface area (Å²) in [5.74, 6) is 0.739. The minimum atomic E-state index is -0.589. The van der Waals surface area contributed by atoms with Crippen molar-refractivity contribution < 1.29 is 14.6 Å².